The lowest BCUT2D eigenvalue weighted by atomic mass is 10.1. The minimum absolute atomic E-state index is 0.0616. The highest BCUT2D eigenvalue weighted by atomic mass is 28.4. The van der Waals surface area contributed by atoms with E-state index in [2.05, 4.69) is 0 Å². The number of hydrogen-bond donors (Lipinski definition) is 0. The number of allylic oxidation sites excluding steroid dienone is 1. The van der Waals surface area contributed by atoms with Crippen LogP contribution in [0.4, 0.5) is 0 Å². The van der Waals surface area contributed by atoms with Crippen molar-refractivity contribution < 1.29 is 18.0 Å². The van der Waals surface area contributed by atoms with Gasteiger partial charge in [0.05, 0.1) is 0 Å². The third-order valence-corrected chi connectivity index (χ3v) is 6.60. The van der Waals surface area contributed by atoms with E-state index in [9.17, 15) is 0 Å². The molecule has 6 nitrogen and oxygen atoms in total. The van der Waals surface area contributed by atoms with Crippen molar-refractivity contribution in [2.24, 2.45) is 0 Å². The lowest BCUT2D eigenvalue weighted by molar-refractivity contribution is 0.140. The highest BCUT2D eigenvalue weighted by Crippen LogP contribution is 2.16. The molecule has 27 heavy (non-hydrogen) atoms. The van der Waals surface area contributed by atoms with Crippen molar-refractivity contribution in [1.29, 1.82) is 10.5 Å². The molecule has 7 heteroatoms. The fourth-order valence-electron chi connectivity index (χ4n) is 2.49. The van der Waals surface area contributed by atoms with Gasteiger partial charge in [-0.15, -0.1) is 0 Å². The first-order valence-corrected chi connectivity index (χ1v) is 9.83. The van der Waals surface area contributed by atoms with Crippen molar-refractivity contribution in [2.45, 2.75) is 6.61 Å². The Labute approximate surface area is 160 Å². The molecule has 0 fully saturated rings. The zero-order chi connectivity index (χ0) is 19.7. The molecule has 0 amide bonds. The van der Waals surface area contributed by atoms with Gasteiger partial charge >= 0.3 is 8.80 Å². The van der Waals surface area contributed by atoms with Crippen LogP contribution in [0.15, 0.2) is 54.1 Å². The Balaban J connectivity index is 2.02. The minimum Gasteiger partial charge on any atom is -0.489 e. The second-order valence-electron chi connectivity index (χ2n) is 5.50. The van der Waals surface area contributed by atoms with E-state index in [1.54, 1.807) is 45.6 Å². The van der Waals surface area contributed by atoms with Gasteiger partial charge in [-0.05, 0) is 29.3 Å². The van der Waals surface area contributed by atoms with Gasteiger partial charge in [0.2, 0.25) is 0 Å². The number of rotatable bonds is 8. The summed E-state index contributed by atoms with van der Waals surface area (Å²) in [6.07, 6.45) is 1.53. The van der Waals surface area contributed by atoms with Crippen molar-refractivity contribution in [3.05, 3.63) is 65.2 Å². The van der Waals surface area contributed by atoms with Crippen molar-refractivity contribution in [3.63, 3.8) is 0 Å². The third kappa shape index (κ3) is 5.04. The quantitative estimate of drug-likeness (QED) is 0.517. The summed E-state index contributed by atoms with van der Waals surface area (Å²) in [5.41, 5.74) is 1.82. The van der Waals surface area contributed by atoms with Crippen molar-refractivity contribution in [1.82, 2.24) is 0 Å². The van der Waals surface area contributed by atoms with E-state index in [4.69, 9.17) is 28.5 Å². The van der Waals surface area contributed by atoms with Gasteiger partial charge in [0.1, 0.15) is 30.1 Å². The van der Waals surface area contributed by atoms with Crippen molar-refractivity contribution in [3.8, 4) is 17.9 Å². The summed E-state index contributed by atoms with van der Waals surface area (Å²) < 4.78 is 22.2. The molecule has 0 radical (unpaired) electrons. The van der Waals surface area contributed by atoms with Gasteiger partial charge in [-0.2, -0.15) is 10.5 Å². The summed E-state index contributed by atoms with van der Waals surface area (Å²) in [5.74, 6) is 0.695. The van der Waals surface area contributed by atoms with Crippen LogP contribution in [-0.2, 0) is 19.9 Å². The van der Waals surface area contributed by atoms with Crippen LogP contribution in [0.5, 0.6) is 5.75 Å². The number of benzene rings is 2. The standard InChI is InChI=1S/C20H20N2O4Si/c1-23-27(24-2,25-3)20-10-6-17(7-11-20)15-26-19-8-4-16(5-9-19)12-18(13-21)14-22/h4-12H,15H2,1-3H3. The molecule has 0 aliphatic heterocycles. The molecule has 2 rings (SSSR count). The largest absolute Gasteiger partial charge is 0.536 e. The fourth-order valence-corrected chi connectivity index (χ4v) is 4.27. The topological polar surface area (TPSA) is 84.5 Å². The lowest BCUT2D eigenvalue weighted by Gasteiger charge is -2.24. The second-order valence-corrected chi connectivity index (χ2v) is 8.42. The van der Waals surface area contributed by atoms with Crippen LogP contribution in [0.3, 0.4) is 0 Å². The Morgan fingerprint density at radius 2 is 1.44 bits per heavy atom. The molecule has 0 aromatic heterocycles. The molecular weight excluding hydrogens is 360 g/mol. The summed E-state index contributed by atoms with van der Waals surface area (Å²) in [6, 6.07) is 18.6. The molecule has 0 atom stereocenters. The van der Waals surface area contributed by atoms with Crippen LogP contribution >= 0.6 is 0 Å². The number of ether oxygens (including phenoxy) is 1. The molecule has 0 unspecified atom stereocenters. The van der Waals surface area contributed by atoms with E-state index >= 15 is 0 Å². The summed E-state index contributed by atoms with van der Waals surface area (Å²) in [5, 5.41) is 18.4. The first kappa shape index (κ1) is 20.4. The summed E-state index contributed by atoms with van der Waals surface area (Å²) >= 11 is 0. The highest BCUT2D eigenvalue weighted by Gasteiger charge is 2.40. The average molecular weight is 380 g/mol. The van der Waals surface area contributed by atoms with Crippen LogP contribution in [0, 0.1) is 22.7 Å². The molecule has 0 aliphatic carbocycles. The SMILES string of the molecule is CO[Si](OC)(OC)c1ccc(COc2ccc(C=C(C#N)C#N)cc2)cc1. The summed E-state index contributed by atoms with van der Waals surface area (Å²) in [4.78, 5) is 0. The monoisotopic (exact) mass is 380 g/mol. The zero-order valence-corrected chi connectivity index (χ0v) is 16.4. The highest BCUT2D eigenvalue weighted by molar-refractivity contribution is 6.75. The molecule has 0 bridgehead atoms. The number of hydrogen-bond acceptors (Lipinski definition) is 6. The number of nitrogens with zero attached hydrogens (tertiary/aromatic N) is 2. The minimum atomic E-state index is -2.82. The molecule has 0 aliphatic rings. The average Bonchev–Trinajstić information content (AvgIpc) is 2.74. The molecular formula is C20H20N2O4Si. The molecule has 0 N–H and O–H groups in total. The van der Waals surface area contributed by atoms with E-state index < -0.39 is 8.80 Å². The van der Waals surface area contributed by atoms with E-state index in [1.807, 2.05) is 36.4 Å². The van der Waals surface area contributed by atoms with E-state index in [0.29, 0.717) is 12.4 Å². The molecule has 0 saturated carbocycles. The van der Waals surface area contributed by atoms with Crippen molar-refractivity contribution >= 4 is 20.1 Å². The zero-order valence-electron chi connectivity index (χ0n) is 15.4. The molecule has 0 saturated heterocycles. The Kier molecular flexibility index (Phi) is 7.30. The maximum absolute atomic E-state index is 8.78. The second kappa shape index (κ2) is 9.67. The Bertz CT molecular complexity index is 837. The molecule has 138 valence electrons. The Morgan fingerprint density at radius 3 is 1.93 bits per heavy atom. The predicted octanol–water partition coefficient (Wildman–Crippen LogP) is 2.78. The van der Waals surface area contributed by atoms with Gasteiger partial charge < -0.3 is 18.0 Å². The van der Waals surface area contributed by atoms with Crippen LogP contribution < -0.4 is 9.92 Å². The number of nitriles is 2. The molecule has 2 aromatic carbocycles. The van der Waals surface area contributed by atoms with Gasteiger partial charge in [0, 0.05) is 26.5 Å². The first-order chi connectivity index (χ1) is 13.1. The summed E-state index contributed by atoms with van der Waals surface area (Å²) in [7, 11) is 1.90. The Hall–Kier alpha value is -2.94. The van der Waals surface area contributed by atoms with Crippen LogP contribution in [0.1, 0.15) is 11.1 Å². The lowest BCUT2D eigenvalue weighted by Crippen LogP contribution is -2.54. The van der Waals surface area contributed by atoms with E-state index in [0.717, 1.165) is 16.3 Å². The molecule has 2 aromatic rings. The normalized spacial score (nSPS) is 10.6. The smallest absolute Gasteiger partial charge is 0.489 e. The third-order valence-electron chi connectivity index (χ3n) is 3.95. The van der Waals surface area contributed by atoms with Gasteiger partial charge in [0.25, 0.3) is 0 Å². The molecule has 0 heterocycles. The van der Waals surface area contributed by atoms with Crippen molar-refractivity contribution in [2.75, 3.05) is 21.3 Å². The predicted molar refractivity (Wildman–Crippen MR) is 103 cm³/mol. The van der Waals surface area contributed by atoms with Crippen LogP contribution in [0.25, 0.3) is 6.08 Å². The van der Waals surface area contributed by atoms with E-state index in [-0.39, 0.29) is 5.57 Å². The summed E-state index contributed by atoms with van der Waals surface area (Å²) in [6.45, 7) is 0.401. The maximum Gasteiger partial charge on any atom is 0.536 e. The Morgan fingerprint density at radius 1 is 0.889 bits per heavy atom. The van der Waals surface area contributed by atoms with Gasteiger partial charge in [-0.25, -0.2) is 0 Å². The van der Waals surface area contributed by atoms with Gasteiger partial charge in [-0.1, -0.05) is 36.4 Å². The van der Waals surface area contributed by atoms with Crippen LogP contribution in [0.2, 0.25) is 0 Å². The maximum atomic E-state index is 8.78. The molecule has 0 spiro atoms. The van der Waals surface area contributed by atoms with Gasteiger partial charge in [-0.3, -0.25) is 0 Å². The van der Waals surface area contributed by atoms with Crippen LogP contribution in [-0.4, -0.2) is 30.1 Å². The first-order valence-electron chi connectivity index (χ1n) is 8.10. The van der Waals surface area contributed by atoms with E-state index in [1.165, 1.54) is 6.08 Å². The van der Waals surface area contributed by atoms with Gasteiger partial charge in [0.15, 0.2) is 0 Å². The fraction of sp³-hybridized carbons (Fsp3) is 0.200.